The van der Waals surface area contributed by atoms with Crippen molar-refractivity contribution in [2.75, 3.05) is 24.5 Å². The molecule has 2 aromatic rings. The predicted molar refractivity (Wildman–Crippen MR) is 95.3 cm³/mol. The number of hydrogen-bond donors (Lipinski definition) is 3. The van der Waals surface area contributed by atoms with E-state index in [2.05, 4.69) is 20.5 Å². The van der Waals surface area contributed by atoms with E-state index in [4.69, 9.17) is 0 Å². The zero-order valence-corrected chi connectivity index (χ0v) is 14.2. The fourth-order valence-electron chi connectivity index (χ4n) is 2.80. The topological polar surface area (TPSA) is 77.5 Å². The molecule has 0 radical (unpaired) electrons. The zero-order chi connectivity index (χ0) is 16.8. The quantitative estimate of drug-likeness (QED) is 0.775. The first-order valence-corrected chi connectivity index (χ1v) is 9.07. The van der Waals surface area contributed by atoms with Gasteiger partial charge in [0.1, 0.15) is 5.82 Å². The van der Waals surface area contributed by atoms with Crippen molar-refractivity contribution in [1.29, 1.82) is 0 Å². The normalized spacial score (nSPS) is 16.6. The van der Waals surface area contributed by atoms with Crippen LogP contribution in [-0.4, -0.2) is 41.8 Å². The van der Waals surface area contributed by atoms with E-state index in [-0.39, 0.29) is 18.6 Å². The lowest BCUT2D eigenvalue weighted by Crippen LogP contribution is -2.48. The highest BCUT2D eigenvalue weighted by Gasteiger charge is 2.21. The maximum atomic E-state index is 12.0. The summed E-state index contributed by atoms with van der Waals surface area (Å²) in [5, 5.41) is 19.5. The maximum absolute atomic E-state index is 12.0. The van der Waals surface area contributed by atoms with E-state index in [9.17, 15) is 9.90 Å². The van der Waals surface area contributed by atoms with E-state index in [0.717, 1.165) is 37.3 Å². The summed E-state index contributed by atoms with van der Waals surface area (Å²) >= 11 is 1.53. The van der Waals surface area contributed by atoms with E-state index in [1.165, 1.54) is 11.3 Å². The second-order valence-corrected chi connectivity index (χ2v) is 6.66. The fraction of sp³-hybridized carbons (Fsp3) is 0.412. The number of carbonyl (C=O) groups excluding carboxylic acids is 1. The van der Waals surface area contributed by atoms with Gasteiger partial charge < -0.3 is 20.6 Å². The van der Waals surface area contributed by atoms with Crippen molar-refractivity contribution >= 4 is 23.2 Å². The summed E-state index contributed by atoms with van der Waals surface area (Å²) < 4.78 is 0. The van der Waals surface area contributed by atoms with Crippen molar-refractivity contribution in [2.45, 2.75) is 25.0 Å². The molecule has 3 N–H and O–H groups in total. The first kappa shape index (κ1) is 16.7. The number of aromatic nitrogens is 1. The molecule has 1 fully saturated rings. The molecule has 3 heterocycles. The van der Waals surface area contributed by atoms with Gasteiger partial charge in [-0.25, -0.2) is 9.78 Å². The van der Waals surface area contributed by atoms with Crippen molar-refractivity contribution in [1.82, 2.24) is 15.6 Å². The van der Waals surface area contributed by atoms with Crippen LogP contribution < -0.4 is 15.5 Å². The van der Waals surface area contributed by atoms with Crippen LogP contribution in [0.2, 0.25) is 0 Å². The van der Waals surface area contributed by atoms with Gasteiger partial charge in [0.05, 0.1) is 6.10 Å². The van der Waals surface area contributed by atoms with Gasteiger partial charge in [-0.3, -0.25) is 0 Å². The van der Waals surface area contributed by atoms with Gasteiger partial charge in [0.2, 0.25) is 0 Å². The second-order valence-electron chi connectivity index (χ2n) is 5.88. The van der Waals surface area contributed by atoms with Gasteiger partial charge in [-0.1, -0.05) is 6.07 Å². The van der Waals surface area contributed by atoms with Gasteiger partial charge in [-0.15, -0.1) is 0 Å². The van der Waals surface area contributed by atoms with Crippen LogP contribution in [0.3, 0.4) is 0 Å². The van der Waals surface area contributed by atoms with Crippen molar-refractivity contribution in [3.8, 4) is 0 Å². The number of urea groups is 1. The summed E-state index contributed by atoms with van der Waals surface area (Å²) in [7, 11) is 0. The summed E-state index contributed by atoms with van der Waals surface area (Å²) in [6.07, 6.45) is 2.91. The number of thiophene rings is 1. The van der Waals surface area contributed by atoms with Crippen LogP contribution in [0.5, 0.6) is 0 Å². The number of nitrogens with zero attached hydrogens (tertiary/aromatic N) is 2. The standard InChI is InChI=1S/C17H22N4O2S/c22-15(13-6-10-24-12-13)11-19-17(23)20-14-4-8-21(9-5-14)16-3-1-2-7-18-16/h1-3,6-7,10,12,14-15,22H,4-5,8-9,11H2,(H2,19,20,23). The highest BCUT2D eigenvalue weighted by Crippen LogP contribution is 2.17. The summed E-state index contributed by atoms with van der Waals surface area (Å²) in [5.41, 5.74) is 0.837. The molecule has 0 aromatic carbocycles. The number of nitrogens with one attached hydrogen (secondary N) is 2. The molecule has 0 spiro atoms. The maximum Gasteiger partial charge on any atom is 0.315 e. The van der Waals surface area contributed by atoms with Crippen LogP contribution in [-0.2, 0) is 0 Å². The molecule has 1 unspecified atom stereocenters. The van der Waals surface area contributed by atoms with Crippen LogP contribution >= 0.6 is 11.3 Å². The first-order valence-electron chi connectivity index (χ1n) is 8.13. The van der Waals surface area contributed by atoms with Gasteiger partial charge in [0.15, 0.2) is 0 Å². The molecule has 1 aliphatic heterocycles. The van der Waals surface area contributed by atoms with E-state index < -0.39 is 6.10 Å². The highest BCUT2D eigenvalue weighted by molar-refractivity contribution is 7.07. The Labute approximate surface area is 145 Å². The van der Waals surface area contributed by atoms with Crippen molar-refractivity contribution in [3.63, 3.8) is 0 Å². The van der Waals surface area contributed by atoms with Crippen molar-refractivity contribution in [2.24, 2.45) is 0 Å². The van der Waals surface area contributed by atoms with Gasteiger partial charge in [0.25, 0.3) is 0 Å². The van der Waals surface area contributed by atoms with Gasteiger partial charge >= 0.3 is 6.03 Å². The Balaban J connectivity index is 1.39. The number of rotatable bonds is 5. The zero-order valence-electron chi connectivity index (χ0n) is 13.4. The number of pyridine rings is 1. The fourth-order valence-corrected chi connectivity index (χ4v) is 3.51. The first-order chi connectivity index (χ1) is 11.7. The predicted octanol–water partition coefficient (Wildman–Crippen LogP) is 2.14. The largest absolute Gasteiger partial charge is 0.387 e. The highest BCUT2D eigenvalue weighted by atomic mass is 32.1. The lowest BCUT2D eigenvalue weighted by Gasteiger charge is -2.33. The molecule has 2 amide bonds. The molecule has 0 saturated carbocycles. The molecule has 1 saturated heterocycles. The Morgan fingerprint density at radius 3 is 2.88 bits per heavy atom. The van der Waals surface area contributed by atoms with Crippen LogP contribution in [0.25, 0.3) is 0 Å². The molecule has 128 valence electrons. The molecule has 1 atom stereocenters. The number of carbonyl (C=O) groups is 1. The number of amides is 2. The van der Waals surface area contributed by atoms with E-state index >= 15 is 0 Å². The van der Waals surface area contributed by atoms with E-state index in [1.54, 1.807) is 6.20 Å². The number of hydrogen-bond acceptors (Lipinski definition) is 5. The molecule has 0 bridgehead atoms. The number of aliphatic hydroxyl groups excluding tert-OH is 1. The lowest BCUT2D eigenvalue weighted by molar-refractivity contribution is 0.172. The summed E-state index contributed by atoms with van der Waals surface area (Å²) in [5.74, 6) is 0.985. The molecule has 6 nitrogen and oxygen atoms in total. The van der Waals surface area contributed by atoms with Crippen LogP contribution in [0, 0.1) is 0 Å². The Morgan fingerprint density at radius 1 is 1.38 bits per heavy atom. The number of piperidine rings is 1. The molecule has 24 heavy (non-hydrogen) atoms. The number of anilines is 1. The molecule has 7 heteroatoms. The molecule has 2 aromatic heterocycles. The average molecular weight is 346 g/mol. The van der Waals surface area contributed by atoms with E-state index in [1.807, 2.05) is 35.0 Å². The van der Waals surface area contributed by atoms with Gasteiger partial charge in [0, 0.05) is 31.9 Å². The van der Waals surface area contributed by atoms with E-state index in [0.29, 0.717) is 0 Å². The summed E-state index contributed by atoms with van der Waals surface area (Å²) in [6.45, 7) is 1.97. The number of aliphatic hydroxyl groups is 1. The van der Waals surface area contributed by atoms with Crippen LogP contribution in [0.15, 0.2) is 41.2 Å². The smallest absolute Gasteiger partial charge is 0.315 e. The Morgan fingerprint density at radius 2 is 2.21 bits per heavy atom. The Hall–Kier alpha value is -2.12. The minimum Gasteiger partial charge on any atom is -0.387 e. The average Bonchev–Trinajstić information content (AvgIpc) is 3.16. The Kier molecular flexibility index (Phi) is 5.66. The third-order valence-corrected chi connectivity index (χ3v) is 4.89. The molecular weight excluding hydrogens is 324 g/mol. The van der Waals surface area contributed by atoms with Crippen LogP contribution in [0.4, 0.5) is 10.6 Å². The third-order valence-electron chi connectivity index (χ3n) is 4.19. The summed E-state index contributed by atoms with van der Waals surface area (Å²) in [6, 6.07) is 7.70. The molecule has 0 aliphatic carbocycles. The third kappa shape index (κ3) is 4.46. The van der Waals surface area contributed by atoms with Crippen LogP contribution in [0.1, 0.15) is 24.5 Å². The second kappa shape index (κ2) is 8.12. The van der Waals surface area contributed by atoms with Crippen molar-refractivity contribution < 1.29 is 9.90 Å². The molecular formula is C17H22N4O2S. The minimum absolute atomic E-state index is 0.156. The Bertz CT molecular complexity index is 627. The van der Waals surface area contributed by atoms with Crippen molar-refractivity contribution in [3.05, 3.63) is 46.8 Å². The minimum atomic E-state index is -0.659. The van der Waals surface area contributed by atoms with Gasteiger partial charge in [-0.2, -0.15) is 11.3 Å². The SMILES string of the molecule is O=C(NCC(O)c1ccsc1)NC1CCN(c2ccccn2)CC1. The van der Waals surface area contributed by atoms with Gasteiger partial charge in [-0.05, 0) is 47.4 Å². The molecule has 1 aliphatic rings. The summed E-state index contributed by atoms with van der Waals surface area (Å²) in [4.78, 5) is 18.6. The molecule has 3 rings (SSSR count). The monoisotopic (exact) mass is 346 g/mol. The lowest BCUT2D eigenvalue weighted by atomic mass is 10.1.